The first-order valence-corrected chi connectivity index (χ1v) is 5.82. The zero-order valence-corrected chi connectivity index (χ0v) is 9.88. The number of para-hydroxylation sites is 1. The van der Waals surface area contributed by atoms with E-state index in [1.165, 1.54) is 0 Å². The number of aromatic amines is 1. The number of anilines is 2. The van der Waals surface area contributed by atoms with Crippen LogP contribution >= 0.6 is 0 Å². The molecular formula is C13H10N6. The number of fused-ring (bicyclic) bond motifs is 5. The van der Waals surface area contributed by atoms with E-state index in [2.05, 4.69) is 19.9 Å². The molecule has 4 aromatic rings. The highest BCUT2D eigenvalue weighted by Gasteiger charge is 2.13. The van der Waals surface area contributed by atoms with E-state index in [-0.39, 0.29) is 5.95 Å². The number of nitrogens with zero attached hydrogens (tertiary/aromatic N) is 3. The van der Waals surface area contributed by atoms with Crippen LogP contribution < -0.4 is 11.5 Å². The molecule has 6 nitrogen and oxygen atoms in total. The van der Waals surface area contributed by atoms with Crippen molar-refractivity contribution in [1.29, 1.82) is 0 Å². The summed E-state index contributed by atoms with van der Waals surface area (Å²) in [5.41, 5.74) is 14.1. The highest BCUT2D eigenvalue weighted by Crippen LogP contribution is 2.32. The first kappa shape index (κ1) is 10.1. The van der Waals surface area contributed by atoms with Gasteiger partial charge in [-0.25, -0.2) is 4.98 Å². The molecule has 0 amide bonds. The van der Waals surface area contributed by atoms with Crippen molar-refractivity contribution in [1.82, 2.24) is 19.9 Å². The number of hydrogen-bond donors (Lipinski definition) is 3. The summed E-state index contributed by atoms with van der Waals surface area (Å²) in [5, 5.41) is 2.80. The number of pyridine rings is 1. The number of nitrogens with one attached hydrogen (secondary N) is 1. The topological polar surface area (TPSA) is 106 Å². The van der Waals surface area contributed by atoms with Crippen molar-refractivity contribution in [2.45, 2.75) is 0 Å². The molecule has 3 heterocycles. The van der Waals surface area contributed by atoms with Crippen LogP contribution in [0.4, 0.5) is 11.8 Å². The Morgan fingerprint density at radius 1 is 0.947 bits per heavy atom. The second-order valence-corrected chi connectivity index (χ2v) is 4.38. The van der Waals surface area contributed by atoms with Crippen molar-refractivity contribution in [2.75, 3.05) is 11.5 Å². The third-order valence-corrected chi connectivity index (χ3v) is 3.24. The molecule has 0 unspecified atom stereocenters. The van der Waals surface area contributed by atoms with E-state index >= 15 is 0 Å². The van der Waals surface area contributed by atoms with Gasteiger partial charge in [0.05, 0.1) is 17.1 Å². The van der Waals surface area contributed by atoms with Gasteiger partial charge in [-0.15, -0.1) is 0 Å². The number of aromatic nitrogens is 4. The van der Waals surface area contributed by atoms with Crippen molar-refractivity contribution >= 4 is 44.6 Å². The summed E-state index contributed by atoms with van der Waals surface area (Å²) < 4.78 is 0. The van der Waals surface area contributed by atoms with Crippen molar-refractivity contribution in [3.8, 4) is 0 Å². The summed E-state index contributed by atoms with van der Waals surface area (Å²) in [6.45, 7) is 0. The Morgan fingerprint density at radius 3 is 2.68 bits per heavy atom. The molecule has 5 N–H and O–H groups in total. The standard InChI is InChI=1S/C13H10N6/c14-11-10-9-6-3-1-2-4-7(6)17-8(9)5-16-12(10)19-13(15)18-11/h1-5,17H,(H4,14,15,16,18,19). The van der Waals surface area contributed by atoms with Gasteiger partial charge >= 0.3 is 0 Å². The average molecular weight is 250 g/mol. The Bertz CT molecular complexity index is 940. The summed E-state index contributed by atoms with van der Waals surface area (Å²) in [6.07, 6.45) is 1.74. The molecule has 0 atom stereocenters. The zero-order chi connectivity index (χ0) is 13.0. The van der Waals surface area contributed by atoms with Crippen LogP contribution in [0.2, 0.25) is 0 Å². The predicted molar refractivity (Wildman–Crippen MR) is 75.5 cm³/mol. The quantitative estimate of drug-likeness (QED) is 0.441. The lowest BCUT2D eigenvalue weighted by Gasteiger charge is -2.03. The predicted octanol–water partition coefficient (Wildman–Crippen LogP) is 1.82. The van der Waals surface area contributed by atoms with E-state index < -0.39 is 0 Å². The zero-order valence-electron chi connectivity index (χ0n) is 9.88. The Morgan fingerprint density at radius 2 is 1.79 bits per heavy atom. The maximum atomic E-state index is 5.99. The van der Waals surface area contributed by atoms with Gasteiger partial charge in [-0.05, 0) is 6.07 Å². The number of benzene rings is 1. The van der Waals surface area contributed by atoms with Crippen molar-refractivity contribution in [3.63, 3.8) is 0 Å². The molecule has 0 radical (unpaired) electrons. The lowest BCUT2D eigenvalue weighted by Crippen LogP contribution is -2.01. The fraction of sp³-hybridized carbons (Fsp3) is 0. The minimum atomic E-state index is 0.136. The van der Waals surface area contributed by atoms with Gasteiger partial charge in [-0.2, -0.15) is 9.97 Å². The first-order chi connectivity index (χ1) is 9.24. The Balaban J connectivity index is 2.36. The molecule has 0 fully saturated rings. The Kier molecular flexibility index (Phi) is 1.76. The summed E-state index contributed by atoms with van der Waals surface area (Å²) in [6, 6.07) is 8.00. The van der Waals surface area contributed by atoms with Crippen LogP contribution in [0.5, 0.6) is 0 Å². The van der Waals surface area contributed by atoms with Gasteiger partial charge in [0, 0.05) is 16.3 Å². The summed E-state index contributed by atoms with van der Waals surface area (Å²) in [5.74, 6) is 0.488. The maximum absolute atomic E-state index is 5.99. The van der Waals surface area contributed by atoms with E-state index in [0.29, 0.717) is 11.5 Å². The van der Waals surface area contributed by atoms with Crippen molar-refractivity contribution in [2.24, 2.45) is 0 Å². The third-order valence-electron chi connectivity index (χ3n) is 3.24. The fourth-order valence-electron chi connectivity index (χ4n) is 2.47. The molecular weight excluding hydrogens is 240 g/mol. The second-order valence-electron chi connectivity index (χ2n) is 4.38. The largest absolute Gasteiger partial charge is 0.383 e. The highest BCUT2D eigenvalue weighted by atomic mass is 15.1. The van der Waals surface area contributed by atoms with Gasteiger partial charge in [0.15, 0.2) is 5.65 Å². The van der Waals surface area contributed by atoms with E-state index in [1.807, 2.05) is 24.3 Å². The van der Waals surface area contributed by atoms with Crippen molar-refractivity contribution < 1.29 is 0 Å². The fourth-order valence-corrected chi connectivity index (χ4v) is 2.47. The minimum Gasteiger partial charge on any atom is -0.383 e. The molecule has 1 aromatic carbocycles. The van der Waals surface area contributed by atoms with Crippen LogP contribution in [0.25, 0.3) is 32.8 Å². The van der Waals surface area contributed by atoms with Crippen LogP contribution in [0.1, 0.15) is 0 Å². The minimum absolute atomic E-state index is 0.136. The molecule has 0 aliphatic carbocycles. The van der Waals surface area contributed by atoms with E-state index in [9.17, 15) is 0 Å². The lowest BCUT2D eigenvalue weighted by molar-refractivity contribution is 1.21. The molecule has 19 heavy (non-hydrogen) atoms. The molecule has 0 saturated carbocycles. The van der Waals surface area contributed by atoms with Gasteiger partial charge < -0.3 is 16.5 Å². The summed E-state index contributed by atoms with van der Waals surface area (Å²) >= 11 is 0. The first-order valence-electron chi connectivity index (χ1n) is 5.82. The molecule has 6 heteroatoms. The summed E-state index contributed by atoms with van der Waals surface area (Å²) in [7, 11) is 0. The molecule has 0 saturated heterocycles. The number of rotatable bonds is 0. The average Bonchev–Trinajstić information content (AvgIpc) is 2.76. The molecule has 3 aromatic heterocycles. The van der Waals surface area contributed by atoms with E-state index in [0.717, 1.165) is 27.2 Å². The smallest absolute Gasteiger partial charge is 0.224 e. The van der Waals surface area contributed by atoms with Crippen LogP contribution in [-0.2, 0) is 0 Å². The number of nitrogens with two attached hydrogens (primary N) is 2. The maximum Gasteiger partial charge on any atom is 0.224 e. The summed E-state index contributed by atoms with van der Waals surface area (Å²) in [4.78, 5) is 15.8. The van der Waals surface area contributed by atoms with E-state index in [4.69, 9.17) is 11.5 Å². The number of hydrogen-bond acceptors (Lipinski definition) is 5. The highest BCUT2D eigenvalue weighted by molar-refractivity contribution is 6.21. The molecule has 0 bridgehead atoms. The Labute approximate surface area is 107 Å². The van der Waals surface area contributed by atoms with Gasteiger partial charge in [0.1, 0.15) is 5.82 Å². The van der Waals surface area contributed by atoms with Gasteiger partial charge in [-0.1, -0.05) is 18.2 Å². The number of nitrogen functional groups attached to an aromatic ring is 2. The third kappa shape index (κ3) is 1.28. The van der Waals surface area contributed by atoms with Gasteiger partial charge in [-0.3, -0.25) is 0 Å². The van der Waals surface area contributed by atoms with Crippen LogP contribution in [-0.4, -0.2) is 19.9 Å². The monoisotopic (exact) mass is 250 g/mol. The molecule has 0 aliphatic heterocycles. The Hall–Kier alpha value is -2.89. The SMILES string of the molecule is Nc1nc(N)c2c(ncc3[nH]c4ccccc4c32)n1. The van der Waals surface area contributed by atoms with Crippen LogP contribution in [0, 0.1) is 0 Å². The van der Waals surface area contributed by atoms with Crippen LogP contribution in [0.15, 0.2) is 30.5 Å². The lowest BCUT2D eigenvalue weighted by atomic mass is 10.1. The molecule has 4 rings (SSSR count). The van der Waals surface area contributed by atoms with Gasteiger partial charge in [0.2, 0.25) is 5.95 Å². The van der Waals surface area contributed by atoms with E-state index in [1.54, 1.807) is 6.20 Å². The normalized spacial score (nSPS) is 11.6. The second kappa shape index (κ2) is 3.32. The molecule has 0 spiro atoms. The van der Waals surface area contributed by atoms with Crippen molar-refractivity contribution in [3.05, 3.63) is 30.5 Å². The molecule has 92 valence electrons. The molecule has 0 aliphatic rings. The van der Waals surface area contributed by atoms with Crippen LogP contribution in [0.3, 0.4) is 0 Å². The number of H-pyrrole nitrogens is 1. The van der Waals surface area contributed by atoms with Gasteiger partial charge in [0.25, 0.3) is 0 Å².